The molecular weight excluding hydrogens is 446 g/mol. The first-order chi connectivity index (χ1) is 14.9. The lowest BCUT2D eigenvalue weighted by molar-refractivity contribution is -0.137. The Bertz CT molecular complexity index is 1210. The van der Waals surface area contributed by atoms with Gasteiger partial charge < -0.3 is 0 Å². The van der Waals surface area contributed by atoms with Crippen LogP contribution >= 0.6 is 0 Å². The van der Waals surface area contributed by atoms with Gasteiger partial charge in [0, 0.05) is 30.4 Å². The minimum absolute atomic E-state index is 0.0469. The second-order valence-corrected chi connectivity index (χ2v) is 9.58. The molecule has 0 bridgehead atoms. The highest BCUT2D eigenvalue weighted by molar-refractivity contribution is 7.89. The first-order valence-corrected chi connectivity index (χ1v) is 11.6. The molecule has 0 spiro atoms. The van der Waals surface area contributed by atoms with Gasteiger partial charge in [-0.3, -0.25) is 9.78 Å². The summed E-state index contributed by atoms with van der Waals surface area (Å²) >= 11 is 0. The lowest BCUT2D eigenvalue weighted by atomic mass is 9.87. The average Bonchev–Trinajstić information content (AvgIpc) is 2.71. The zero-order valence-electron chi connectivity index (χ0n) is 16.9. The van der Waals surface area contributed by atoms with Crippen LogP contribution in [0.5, 0.6) is 0 Å². The van der Waals surface area contributed by atoms with E-state index in [0.717, 1.165) is 18.4 Å². The summed E-state index contributed by atoms with van der Waals surface area (Å²) in [5.74, 6) is -2.13. The van der Waals surface area contributed by atoms with E-state index >= 15 is 0 Å². The standard InChI is InChI=1S/C23H19F4NO3S/c1-32(30,31)14-15-4-6-17(7-5-15)21(29)13-19(22-20(24)3-2-12-28-22)16-8-10-18(11-9-16)23(25,26)27/h2-12,19H,13-14H2,1H3/t19-/m0/s1. The predicted octanol–water partition coefficient (Wildman–Crippen LogP) is 5.19. The van der Waals surface area contributed by atoms with Gasteiger partial charge in [0.05, 0.1) is 17.0 Å². The van der Waals surface area contributed by atoms with Crippen molar-refractivity contribution in [3.8, 4) is 0 Å². The first-order valence-electron chi connectivity index (χ1n) is 9.51. The van der Waals surface area contributed by atoms with E-state index in [4.69, 9.17) is 0 Å². The Morgan fingerprint density at radius 2 is 1.62 bits per heavy atom. The van der Waals surface area contributed by atoms with Crippen LogP contribution in [0.4, 0.5) is 17.6 Å². The normalized spacial score (nSPS) is 13.0. The topological polar surface area (TPSA) is 64.1 Å². The van der Waals surface area contributed by atoms with Gasteiger partial charge in [-0.15, -0.1) is 0 Å². The summed E-state index contributed by atoms with van der Waals surface area (Å²) < 4.78 is 76.0. The molecule has 0 saturated heterocycles. The number of rotatable bonds is 7. The van der Waals surface area contributed by atoms with Crippen LogP contribution in [0.15, 0.2) is 66.9 Å². The minimum Gasteiger partial charge on any atom is -0.294 e. The predicted molar refractivity (Wildman–Crippen MR) is 111 cm³/mol. The van der Waals surface area contributed by atoms with Crippen molar-refractivity contribution in [3.05, 3.63) is 101 Å². The number of sulfone groups is 1. The maximum Gasteiger partial charge on any atom is 0.416 e. The van der Waals surface area contributed by atoms with Gasteiger partial charge in [0.15, 0.2) is 15.6 Å². The molecular formula is C23H19F4NO3S. The van der Waals surface area contributed by atoms with Crippen LogP contribution in [0.25, 0.3) is 0 Å². The number of alkyl halides is 3. The molecule has 3 rings (SSSR count). The maximum absolute atomic E-state index is 14.4. The zero-order chi connectivity index (χ0) is 23.5. The summed E-state index contributed by atoms with van der Waals surface area (Å²) in [6.45, 7) is 0. The quantitative estimate of drug-likeness (QED) is 0.356. The van der Waals surface area contributed by atoms with Crippen LogP contribution in [-0.2, 0) is 21.8 Å². The number of hydrogen-bond acceptors (Lipinski definition) is 4. The minimum atomic E-state index is -4.52. The summed E-state index contributed by atoms with van der Waals surface area (Å²) in [7, 11) is -3.24. The lowest BCUT2D eigenvalue weighted by Gasteiger charge is -2.18. The van der Waals surface area contributed by atoms with Gasteiger partial charge in [-0.1, -0.05) is 36.4 Å². The highest BCUT2D eigenvalue weighted by Crippen LogP contribution is 2.34. The van der Waals surface area contributed by atoms with Crippen LogP contribution in [0, 0.1) is 5.82 Å². The number of carbonyl (C=O) groups is 1. The molecule has 3 aromatic rings. The Hall–Kier alpha value is -3.07. The molecule has 1 aromatic heterocycles. The molecule has 168 valence electrons. The van der Waals surface area contributed by atoms with Crippen molar-refractivity contribution in [2.75, 3.05) is 6.26 Å². The van der Waals surface area contributed by atoms with Crippen molar-refractivity contribution in [2.24, 2.45) is 0 Å². The summed E-state index contributed by atoms with van der Waals surface area (Å²) in [5.41, 5.74) is 0.204. The monoisotopic (exact) mass is 465 g/mol. The van der Waals surface area contributed by atoms with E-state index in [2.05, 4.69) is 4.98 Å². The molecule has 0 saturated carbocycles. The lowest BCUT2D eigenvalue weighted by Crippen LogP contribution is -2.13. The molecule has 0 aliphatic rings. The van der Waals surface area contributed by atoms with Gasteiger partial charge >= 0.3 is 6.18 Å². The number of hydrogen-bond donors (Lipinski definition) is 0. The number of aromatic nitrogens is 1. The maximum atomic E-state index is 14.4. The van der Waals surface area contributed by atoms with E-state index in [0.29, 0.717) is 11.1 Å². The first kappa shape index (κ1) is 23.6. The number of carbonyl (C=O) groups excluding carboxylic acids is 1. The summed E-state index contributed by atoms with van der Waals surface area (Å²) in [4.78, 5) is 16.9. The smallest absolute Gasteiger partial charge is 0.294 e. The Kier molecular flexibility index (Phi) is 6.78. The number of halogens is 4. The second-order valence-electron chi connectivity index (χ2n) is 7.44. The third kappa shape index (κ3) is 6.00. The molecule has 1 atom stereocenters. The van der Waals surface area contributed by atoms with Crippen molar-refractivity contribution in [1.82, 2.24) is 4.98 Å². The zero-order valence-corrected chi connectivity index (χ0v) is 17.8. The molecule has 0 unspecified atom stereocenters. The third-order valence-electron chi connectivity index (χ3n) is 4.85. The SMILES string of the molecule is CS(=O)(=O)Cc1ccc(C(=O)C[C@@H](c2ccc(C(F)(F)F)cc2)c2ncccc2F)cc1. The van der Waals surface area contributed by atoms with E-state index in [9.17, 15) is 30.8 Å². The molecule has 0 N–H and O–H groups in total. The molecule has 2 aromatic carbocycles. The molecule has 4 nitrogen and oxygen atoms in total. The number of benzene rings is 2. The number of nitrogens with zero attached hydrogens (tertiary/aromatic N) is 1. The fourth-order valence-corrected chi connectivity index (χ4v) is 4.12. The summed E-state index contributed by atoms with van der Waals surface area (Å²) in [6.07, 6.45) is -2.30. The Morgan fingerprint density at radius 1 is 1.00 bits per heavy atom. The average molecular weight is 465 g/mol. The summed E-state index contributed by atoms with van der Waals surface area (Å²) in [6, 6.07) is 12.7. The Morgan fingerprint density at radius 3 is 2.16 bits per heavy atom. The van der Waals surface area contributed by atoms with Crippen molar-refractivity contribution in [2.45, 2.75) is 24.3 Å². The largest absolute Gasteiger partial charge is 0.416 e. The second kappa shape index (κ2) is 9.20. The van der Waals surface area contributed by atoms with E-state index in [1.54, 1.807) is 0 Å². The fraction of sp³-hybridized carbons (Fsp3) is 0.217. The number of Topliss-reactive ketones (excluding diaryl/α,β-unsaturated/α-hetero) is 1. The van der Waals surface area contributed by atoms with E-state index < -0.39 is 33.3 Å². The number of ketones is 1. The van der Waals surface area contributed by atoms with Crippen molar-refractivity contribution < 1.29 is 30.8 Å². The summed E-state index contributed by atoms with van der Waals surface area (Å²) in [5, 5.41) is 0. The van der Waals surface area contributed by atoms with Crippen molar-refractivity contribution in [1.29, 1.82) is 0 Å². The highest BCUT2D eigenvalue weighted by atomic mass is 32.2. The van der Waals surface area contributed by atoms with Crippen LogP contribution in [0.2, 0.25) is 0 Å². The number of pyridine rings is 1. The molecule has 0 aliphatic carbocycles. The molecule has 1 heterocycles. The van der Waals surface area contributed by atoms with Gasteiger partial charge in [0.1, 0.15) is 5.82 Å². The van der Waals surface area contributed by atoms with Gasteiger partial charge in [-0.25, -0.2) is 12.8 Å². The Labute approximate surface area is 182 Å². The van der Waals surface area contributed by atoms with E-state index in [1.165, 1.54) is 54.7 Å². The highest BCUT2D eigenvalue weighted by Gasteiger charge is 2.31. The molecule has 0 aliphatic heterocycles. The third-order valence-corrected chi connectivity index (χ3v) is 5.71. The molecule has 0 fully saturated rings. The van der Waals surface area contributed by atoms with E-state index in [-0.39, 0.29) is 29.2 Å². The molecule has 0 amide bonds. The van der Waals surface area contributed by atoms with Crippen LogP contribution < -0.4 is 0 Å². The van der Waals surface area contributed by atoms with Crippen molar-refractivity contribution in [3.63, 3.8) is 0 Å². The Balaban J connectivity index is 1.91. The van der Waals surface area contributed by atoms with Gasteiger partial charge in [0.25, 0.3) is 0 Å². The molecule has 9 heteroatoms. The van der Waals surface area contributed by atoms with Gasteiger partial charge in [0.2, 0.25) is 0 Å². The van der Waals surface area contributed by atoms with Gasteiger partial charge in [-0.05, 0) is 35.4 Å². The van der Waals surface area contributed by atoms with Crippen molar-refractivity contribution >= 4 is 15.6 Å². The van der Waals surface area contributed by atoms with Crippen LogP contribution in [-0.4, -0.2) is 25.4 Å². The van der Waals surface area contributed by atoms with Gasteiger partial charge in [-0.2, -0.15) is 13.2 Å². The fourth-order valence-electron chi connectivity index (χ4n) is 3.32. The molecule has 32 heavy (non-hydrogen) atoms. The van der Waals surface area contributed by atoms with E-state index in [1.807, 2.05) is 0 Å². The van der Waals surface area contributed by atoms with Crippen LogP contribution in [0.1, 0.15) is 45.1 Å². The van der Waals surface area contributed by atoms with Crippen LogP contribution in [0.3, 0.4) is 0 Å². The molecule has 0 radical (unpaired) electrons.